The van der Waals surface area contributed by atoms with E-state index in [1.54, 1.807) is 35.7 Å². The third-order valence-electron chi connectivity index (χ3n) is 5.75. The molecule has 1 saturated heterocycles. The molecule has 2 heterocycles. The maximum Gasteiger partial charge on any atom is 0.275 e. The van der Waals surface area contributed by atoms with Crippen LogP contribution in [-0.4, -0.2) is 43.8 Å². The van der Waals surface area contributed by atoms with Crippen molar-refractivity contribution in [2.45, 2.75) is 30.6 Å². The molecule has 0 unspecified atom stereocenters. The Morgan fingerprint density at radius 3 is 2.53 bits per heavy atom. The van der Waals surface area contributed by atoms with Gasteiger partial charge in [0.15, 0.2) is 0 Å². The zero-order chi connectivity index (χ0) is 24.5. The van der Waals surface area contributed by atoms with Crippen molar-refractivity contribution in [3.8, 4) is 5.75 Å². The van der Waals surface area contributed by atoms with Gasteiger partial charge in [0, 0.05) is 35.1 Å². The number of halogens is 2. The molecule has 180 valence electrons. The molecule has 0 saturated carbocycles. The molecule has 1 N–H and O–H groups in total. The lowest BCUT2D eigenvalue weighted by Crippen LogP contribution is -2.37. The molecular formula is C23H23Cl2N3O4S2. The van der Waals surface area contributed by atoms with Gasteiger partial charge in [-0.3, -0.25) is 4.79 Å². The number of hydrogen-bond acceptors (Lipinski definition) is 6. The summed E-state index contributed by atoms with van der Waals surface area (Å²) in [6.45, 7) is 2.59. The number of carbonyl (C=O) groups excluding carboxylic acids is 1. The summed E-state index contributed by atoms with van der Waals surface area (Å²) in [5.74, 6) is 0.282. The van der Waals surface area contributed by atoms with Crippen LogP contribution in [0.25, 0.3) is 0 Å². The Balaban J connectivity index is 1.39. The fraction of sp³-hybridized carbons (Fsp3) is 0.304. The number of nitrogens with one attached hydrogen (secondary N) is 1. The zero-order valence-electron chi connectivity index (χ0n) is 18.5. The van der Waals surface area contributed by atoms with E-state index < -0.39 is 10.0 Å². The molecule has 0 aliphatic carbocycles. The third kappa shape index (κ3) is 5.23. The van der Waals surface area contributed by atoms with Gasteiger partial charge in [0.1, 0.15) is 11.4 Å². The highest BCUT2D eigenvalue weighted by atomic mass is 35.5. The molecule has 1 aliphatic rings. The van der Waals surface area contributed by atoms with Gasteiger partial charge in [-0.15, -0.1) is 11.3 Å². The van der Waals surface area contributed by atoms with Crippen LogP contribution in [0.5, 0.6) is 5.75 Å². The maximum absolute atomic E-state index is 13.0. The molecular weight excluding hydrogens is 517 g/mol. The van der Waals surface area contributed by atoms with E-state index in [4.69, 9.17) is 27.9 Å². The first-order valence-corrected chi connectivity index (χ1v) is 13.6. The molecule has 0 spiro atoms. The van der Waals surface area contributed by atoms with Gasteiger partial charge in [-0.05, 0) is 55.7 Å². The standard InChI is InChI=1S/C23H23Cl2N3O4S2/c1-14-3-5-17(12-18(14)24)34(30,31)28-9-7-15(8-10-28)23-27-20(13-33-23)22(29)26-16-4-6-21(32-2)19(25)11-16/h3-6,11-13,15H,7-10H2,1-2H3,(H,26,29). The minimum Gasteiger partial charge on any atom is -0.495 e. The number of hydrogen-bond donors (Lipinski definition) is 1. The SMILES string of the molecule is COc1ccc(NC(=O)c2csc(C3CCN(S(=O)(=O)c4ccc(C)c(Cl)c4)CC3)n2)cc1Cl. The number of anilines is 1. The number of piperidine rings is 1. The number of thiazole rings is 1. The van der Waals surface area contributed by atoms with Crippen LogP contribution in [0.2, 0.25) is 10.0 Å². The second-order valence-corrected chi connectivity index (χ2v) is 11.6. The average molecular weight is 540 g/mol. The number of aromatic nitrogens is 1. The first kappa shape index (κ1) is 24.9. The fourth-order valence-corrected chi connectivity index (χ4v) is 6.72. The van der Waals surface area contributed by atoms with Gasteiger partial charge in [0.25, 0.3) is 5.91 Å². The van der Waals surface area contributed by atoms with Gasteiger partial charge in [0.2, 0.25) is 10.0 Å². The van der Waals surface area contributed by atoms with Crippen LogP contribution in [-0.2, 0) is 10.0 Å². The highest BCUT2D eigenvalue weighted by Crippen LogP contribution is 2.33. The summed E-state index contributed by atoms with van der Waals surface area (Å²) in [7, 11) is -2.09. The third-order valence-corrected chi connectivity index (χ3v) is 9.35. The number of amides is 1. The summed E-state index contributed by atoms with van der Waals surface area (Å²) in [5.41, 5.74) is 1.69. The Morgan fingerprint density at radius 1 is 1.15 bits per heavy atom. The van der Waals surface area contributed by atoms with E-state index in [0.29, 0.717) is 53.1 Å². The number of methoxy groups -OCH3 is 1. The zero-order valence-corrected chi connectivity index (χ0v) is 21.7. The van der Waals surface area contributed by atoms with E-state index in [-0.39, 0.29) is 16.7 Å². The lowest BCUT2D eigenvalue weighted by atomic mass is 9.99. The Bertz CT molecular complexity index is 1320. The summed E-state index contributed by atoms with van der Waals surface area (Å²) in [4.78, 5) is 17.3. The molecule has 34 heavy (non-hydrogen) atoms. The Kier molecular flexibility index (Phi) is 7.49. The van der Waals surface area contributed by atoms with Crippen LogP contribution in [0.3, 0.4) is 0 Å². The number of ether oxygens (including phenoxy) is 1. The molecule has 1 aliphatic heterocycles. The van der Waals surface area contributed by atoms with Gasteiger partial charge in [-0.1, -0.05) is 29.3 Å². The monoisotopic (exact) mass is 539 g/mol. The molecule has 4 rings (SSSR count). The topological polar surface area (TPSA) is 88.6 Å². The van der Waals surface area contributed by atoms with Crippen molar-refractivity contribution < 1.29 is 17.9 Å². The first-order chi connectivity index (χ1) is 16.2. The van der Waals surface area contributed by atoms with Crippen LogP contribution in [0, 0.1) is 6.92 Å². The molecule has 3 aromatic rings. The summed E-state index contributed by atoms with van der Waals surface area (Å²) in [6.07, 6.45) is 1.25. The van der Waals surface area contributed by atoms with Crippen LogP contribution >= 0.6 is 34.5 Å². The highest BCUT2D eigenvalue weighted by Gasteiger charge is 2.31. The van der Waals surface area contributed by atoms with Crippen molar-refractivity contribution in [2.24, 2.45) is 0 Å². The van der Waals surface area contributed by atoms with Crippen molar-refractivity contribution >= 4 is 56.2 Å². The molecule has 0 radical (unpaired) electrons. The second-order valence-electron chi connectivity index (χ2n) is 7.96. The van der Waals surface area contributed by atoms with Gasteiger partial charge in [-0.2, -0.15) is 4.31 Å². The van der Waals surface area contributed by atoms with Gasteiger partial charge < -0.3 is 10.1 Å². The summed E-state index contributed by atoms with van der Waals surface area (Å²) in [5, 5.41) is 6.16. The van der Waals surface area contributed by atoms with E-state index in [1.807, 2.05) is 6.92 Å². The minimum absolute atomic E-state index is 0.0926. The van der Waals surface area contributed by atoms with Gasteiger partial charge in [0.05, 0.1) is 22.0 Å². The first-order valence-electron chi connectivity index (χ1n) is 10.6. The quantitative estimate of drug-likeness (QED) is 0.441. The molecule has 0 atom stereocenters. The molecule has 7 nitrogen and oxygen atoms in total. The van der Waals surface area contributed by atoms with Crippen LogP contribution in [0.1, 0.15) is 39.8 Å². The number of rotatable bonds is 6. The summed E-state index contributed by atoms with van der Waals surface area (Å²) >= 11 is 13.7. The van der Waals surface area contributed by atoms with Gasteiger partial charge in [-0.25, -0.2) is 13.4 Å². The Morgan fingerprint density at radius 2 is 1.88 bits per heavy atom. The molecule has 11 heteroatoms. The average Bonchev–Trinajstić information content (AvgIpc) is 3.31. The minimum atomic E-state index is -3.61. The smallest absolute Gasteiger partial charge is 0.275 e. The van der Waals surface area contributed by atoms with Crippen molar-refractivity contribution in [1.82, 2.24) is 9.29 Å². The predicted octanol–water partition coefficient (Wildman–Crippen LogP) is 5.59. The van der Waals surface area contributed by atoms with Crippen molar-refractivity contribution in [3.05, 3.63) is 68.1 Å². The van der Waals surface area contributed by atoms with E-state index in [0.717, 1.165) is 10.6 Å². The molecule has 1 amide bonds. The number of aryl methyl sites for hydroxylation is 1. The van der Waals surface area contributed by atoms with E-state index in [1.165, 1.54) is 28.8 Å². The predicted molar refractivity (Wildman–Crippen MR) is 135 cm³/mol. The van der Waals surface area contributed by atoms with E-state index in [9.17, 15) is 13.2 Å². The van der Waals surface area contributed by atoms with Crippen LogP contribution < -0.4 is 10.1 Å². The highest BCUT2D eigenvalue weighted by molar-refractivity contribution is 7.89. The van der Waals surface area contributed by atoms with E-state index >= 15 is 0 Å². The largest absolute Gasteiger partial charge is 0.495 e. The lowest BCUT2D eigenvalue weighted by molar-refractivity contribution is 0.102. The normalized spacial score (nSPS) is 15.3. The maximum atomic E-state index is 13.0. The Labute approximate surface area is 212 Å². The lowest BCUT2D eigenvalue weighted by Gasteiger charge is -2.30. The van der Waals surface area contributed by atoms with Crippen molar-refractivity contribution in [3.63, 3.8) is 0 Å². The Hall–Kier alpha value is -2.17. The molecule has 1 fully saturated rings. The number of carbonyl (C=O) groups is 1. The second kappa shape index (κ2) is 10.2. The van der Waals surface area contributed by atoms with Crippen molar-refractivity contribution in [2.75, 3.05) is 25.5 Å². The van der Waals surface area contributed by atoms with Crippen molar-refractivity contribution in [1.29, 1.82) is 0 Å². The van der Waals surface area contributed by atoms with E-state index in [2.05, 4.69) is 10.3 Å². The summed E-state index contributed by atoms with van der Waals surface area (Å²) in [6, 6.07) is 9.79. The van der Waals surface area contributed by atoms with Gasteiger partial charge >= 0.3 is 0 Å². The molecule has 1 aromatic heterocycles. The molecule has 2 aromatic carbocycles. The number of nitrogens with zero attached hydrogens (tertiary/aromatic N) is 2. The van der Waals surface area contributed by atoms with Crippen LogP contribution in [0.4, 0.5) is 5.69 Å². The number of benzene rings is 2. The number of sulfonamides is 1. The fourth-order valence-electron chi connectivity index (χ4n) is 3.74. The van der Waals surface area contributed by atoms with Crippen LogP contribution in [0.15, 0.2) is 46.7 Å². The molecule has 0 bridgehead atoms. The summed E-state index contributed by atoms with van der Waals surface area (Å²) < 4.78 is 32.6.